The minimum absolute atomic E-state index is 0.0686. The molecule has 1 aromatic heterocycles. The van der Waals surface area contributed by atoms with Crippen molar-refractivity contribution in [3.05, 3.63) is 47.3 Å². The van der Waals surface area contributed by atoms with Gasteiger partial charge in [-0.3, -0.25) is 9.59 Å². The summed E-state index contributed by atoms with van der Waals surface area (Å²) >= 11 is 0. The highest BCUT2D eigenvalue weighted by Crippen LogP contribution is 2.25. The van der Waals surface area contributed by atoms with E-state index in [-0.39, 0.29) is 36.4 Å². The van der Waals surface area contributed by atoms with E-state index in [2.05, 4.69) is 23.9 Å². The van der Waals surface area contributed by atoms with Crippen LogP contribution in [0.15, 0.2) is 24.3 Å². The molecule has 0 aliphatic carbocycles. The number of hydrogen-bond acceptors (Lipinski definition) is 4. The highest BCUT2D eigenvalue weighted by atomic mass is 19.1. The van der Waals surface area contributed by atoms with E-state index in [9.17, 15) is 14.0 Å². The highest BCUT2D eigenvalue weighted by molar-refractivity contribution is 5.97. The Morgan fingerprint density at radius 1 is 1.18 bits per heavy atom. The number of hydrogen-bond donors (Lipinski definition) is 0. The molecular formula is C21H27FN4O2. The molecule has 3 rings (SSSR count). The number of carbonyl (C=O) groups is 2. The van der Waals surface area contributed by atoms with E-state index in [4.69, 9.17) is 0 Å². The lowest BCUT2D eigenvalue weighted by molar-refractivity contribution is -0.134. The molecule has 0 saturated heterocycles. The second-order valence-electron chi connectivity index (χ2n) is 7.74. The molecule has 1 aliphatic rings. The molecule has 2 heterocycles. The maximum Gasteiger partial charge on any atom is 0.223 e. The molecule has 0 spiro atoms. The molecule has 0 fully saturated rings. The first kappa shape index (κ1) is 20.2. The number of nitrogens with zero attached hydrogens (tertiary/aromatic N) is 4. The monoisotopic (exact) mass is 386 g/mol. The Morgan fingerprint density at radius 3 is 2.57 bits per heavy atom. The molecule has 0 unspecified atom stereocenters. The fraction of sp³-hybridized carbons (Fsp3) is 0.524. The van der Waals surface area contributed by atoms with E-state index in [1.54, 1.807) is 4.90 Å². The molecule has 6 nitrogen and oxygen atoms in total. The van der Waals surface area contributed by atoms with Gasteiger partial charge in [-0.15, -0.1) is 0 Å². The van der Waals surface area contributed by atoms with E-state index in [0.29, 0.717) is 24.6 Å². The lowest BCUT2D eigenvalue weighted by Gasteiger charge is -2.33. The first-order valence-electron chi connectivity index (χ1n) is 9.87. The van der Waals surface area contributed by atoms with Crippen LogP contribution in [0.5, 0.6) is 0 Å². The molecule has 150 valence electrons. The molecule has 28 heavy (non-hydrogen) atoms. The highest BCUT2D eigenvalue weighted by Gasteiger charge is 2.30. The molecule has 2 aromatic rings. The molecule has 0 N–H and O–H groups in total. The third-order valence-corrected chi connectivity index (χ3v) is 5.14. The molecule has 0 radical (unpaired) electrons. The van der Waals surface area contributed by atoms with E-state index < -0.39 is 0 Å². The minimum Gasteiger partial charge on any atom is -0.331 e. The van der Waals surface area contributed by atoms with Crippen molar-refractivity contribution in [3.63, 3.8) is 0 Å². The quantitative estimate of drug-likeness (QED) is 0.682. The van der Waals surface area contributed by atoms with Gasteiger partial charge < -0.3 is 4.90 Å². The summed E-state index contributed by atoms with van der Waals surface area (Å²) in [5.41, 5.74) is 0.426. The van der Waals surface area contributed by atoms with Gasteiger partial charge in [0.05, 0.1) is 12.6 Å². The number of halogens is 1. The summed E-state index contributed by atoms with van der Waals surface area (Å²) in [6.07, 6.45) is 2.12. The summed E-state index contributed by atoms with van der Waals surface area (Å²) < 4.78 is 14.9. The van der Waals surface area contributed by atoms with Crippen molar-refractivity contribution in [2.45, 2.75) is 59.0 Å². The van der Waals surface area contributed by atoms with Crippen molar-refractivity contribution < 1.29 is 14.0 Å². The first-order valence-corrected chi connectivity index (χ1v) is 9.87. The van der Waals surface area contributed by atoms with E-state index in [1.165, 1.54) is 24.3 Å². The van der Waals surface area contributed by atoms with E-state index in [1.807, 2.05) is 11.6 Å². The van der Waals surface area contributed by atoms with Crippen molar-refractivity contribution in [2.24, 2.45) is 5.92 Å². The van der Waals surface area contributed by atoms with Crippen LogP contribution in [0, 0.1) is 11.7 Å². The SMILES string of the molecule is CC(C)CCc1nc2n(n1)CCN(C(=O)CCC(=O)c1ccc(F)cc1)[C@@H]2C. The average Bonchev–Trinajstić information content (AvgIpc) is 3.09. The van der Waals surface area contributed by atoms with E-state index in [0.717, 1.165) is 24.5 Å². The zero-order chi connectivity index (χ0) is 20.3. The zero-order valence-electron chi connectivity index (χ0n) is 16.7. The Kier molecular flexibility index (Phi) is 6.21. The van der Waals surface area contributed by atoms with Gasteiger partial charge in [0.15, 0.2) is 11.6 Å². The Hall–Kier alpha value is -2.57. The van der Waals surface area contributed by atoms with E-state index >= 15 is 0 Å². The van der Waals surface area contributed by atoms with Crippen molar-refractivity contribution in [1.82, 2.24) is 19.7 Å². The Balaban J connectivity index is 1.59. The van der Waals surface area contributed by atoms with Gasteiger partial charge >= 0.3 is 0 Å². The Morgan fingerprint density at radius 2 is 1.89 bits per heavy atom. The Labute approximate surface area is 164 Å². The smallest absolute Gasteiger partial charge is 0.223 e. The first-order chi connectivity index (χ1) is 13.3. The van der Waals surface area contributed by atoms with Crippen LogP contribution in [0.3, 0.4) is 0 Å². The fourth-order valence-electron chi connectivity index (χ4n) is 3.42. The number of aromatic nitrogens is 3. The standard InChI is InChI=1S/C21H27FN4O2/c1-14(2)4-10-19-23-21-15(3)25(12-13-26(21)24-19)20(28)11-9-18(27)16-5-7-17(22)8-6-16/h5-8,14-15H,4,9-13H2,1-3H3/t15-/m1/s1. The molecule has 1 aliphatic heterocycles. The topological polar surface area (TPSA) is 68.1 Å². The van der Waals surface area contributed by atoms with Crippen LogP contribution in [0.1, 0.15) is 68.1 Å². The van der Waals surface area contributed by atoms with Gasteiger partial charge in [-0.1, -0.05) is 13.8 Å². The summed E-state index contributed by atoms with van der Waals surface area (Å²) in [7, 11) is 0. The number of aryl methyl sites for hydroxylation is 1. The van der Waals surface area contributed by atoms with Crippen molar-refractivity contribution in [1.29, 1.82) is 0 Å². The Bertz CT molecular complexity index is 845. The van der Waals surface area contributed by atoms with Crippen LogP contribution < -0.4 is 0 Å². The van der Waals surface area contributed by atoms with Gasteiger partial charge in [0.2, 0.25) is 5.91 Å². The van der Waals surface area contributed by atoms with Gasteiger partial charge in [0, 0.05) is 31.4 Å². The van der Waals surface area contributed by atoms with Gasteiger partial charge in [-0.05, 0) is 43.5 Å². The summed E-state index contributed by atoms with van der Waals surface area (Å²) in [6, 6.07) is 5.25. The summed E-state index contributed by atoms with van der Waals surface area (Å²) in [5, 5.41) is 4.57. The third-order valence-electron chi connectivity index (χ3n) is 5.14. The number of ketones is 1. The third kappa shape index (κ3) is 4.64. The van der Waals surface area contributed by atoms with Crippen molar-refractivity contribution in [2.75, 3.05) is 6.54 Å². The summed E-state index contributed by atoms with van der Waals surface area (Å²) in [5.74, 6) is 1.62. The number of benzene rings is 1. The minimum atomic E-state index is -0.383. The summed E-state index contributed by atoms with van der Waals surface area (Å²) in [6.45, 7) is 7.47. The fourth-order valence-corrected chi connectivity index (χ4v) is 3.42. The number of carbonyl (C=O) groups excluding carboxylic acids is 2. The predicted octanol–water partition coefficient (Wildman–Crippen LogP) is 3.57. The second-order valence-corrected chi connectivity index (χ2v) is 7.74. The molecule has 1 amide bonds. The van der Waals surface area contributed by atoms with Crippen LogP contribution in [0.25, 0.3) is 0 Å². The largest absolute Gasteiger partial charge is 0.331 e. The number of fused-ring (bicyclic) bond motifs is 1. The zero-order valence-corrected chi connectivity index (χ0v) is 16.7. The summed E-state index contributed by atoms with van der Waals surface area (Å²) in [4.78, 5) is 31.3. The number of Topliss-reactive ketones (excluding diaryl/α,β-unsaturated/α-hetero) is 1. The lowest BCUT2D eigenvalue weighted by atomic mass is 10.1. The van der Waals surface area contributed by atoms with Crippen molar-refractivity contribution in [3.8, 4) is 0 Å². The number of rotatable bonds is 7. The molecule has 0 bridgehead atoms. The molecule has 1 atom stereocenters. The number of amides is 1. The predicted molar refractivity (Wildman–Crippen MR) is 103 cm³/mol. The lowest BCUT2D eigenvalue weighted by Crippen LogP contribution is -2.41. The van der Waals surface area contributed by atoms with Gasteiger partial charge in [0.25, 0.3) is 0 Å². The van der Waals surface area contributed by atoms with Crippen LogP contribution >= 0.6 is 0 Å². The normalized spacial score (nSPS) is 16.3. The van der Waals surface area contributed by atoms with Crippen LogP contribution in [-0.2, 0) is 17.8 Å². The van der Waals surface area contributed by atoms with Gasteiger partial charge in [-0.2, -0.15) is 5.10 Å². The molecule has 7 heteroatoms. The average molecular weight is 386 g/mol. The van der Waals surface area contributed by atoms with Crippen LogP contribution in [0.4, 0.5) is 4.39 Å². The molecule has 0 saturated carbocycles. The van der Waals surface area contributed by atoms with Crippen LogP contribution in [0.2, 0.25) is 0 Å². The molecule has 1 aromatic carbocycles. The maximum atomic E-state index is 13.0. The maximum absolute atomic E-state index is 13.0. The molecular weight excluding hydrogens is 359 g/mol. The second kappa shape index (κ2) is 8.63. The van der Waals surface area contributed by atoms with Crippen molar-refractivity contribution >= 4 is 11.7 Å². The van der Waals surface area contributed by atoms with Gasteiger partial charge in [0.1, 0.15) is 11.6 Å². The van der Waals surface area contributed by atoms with Gasteiger partial charge in [-0.25, -0.2) is 14.1 Å². The van der Waals surface area contributed by atoms with Crippen LogP contribution in [-0.4, -0.2) is 37.9 Å².